The largest absolute Gasteiger partial charge is 0.507 e. The number of ether oxygens (including phenoxy) is 2. The Labute approximate surface area is 188 Å². The minimum absolute atomic E-state index is 0.0777. The van der Waals surface area contributed by atoms with Crippen LogP contribution in [0.1, 0.15) is 43.0 Å². The molecule has 1 aliphatic heterocycles. The summed E-state index contributed by atoms with van der Waals surface area (Å²) in [6.07, 6.45) is 3.79. The highest BCUT2D eigenvalue weighted by molar-refractivity contribution is 6.46. The molecule has 1 N–H and O–H groups in total. The number of likely N-dealkylation sites (tertiary alicyclic amines) is 1. The number of aliphatic hydroxyl groups is 1. The molecule has 1 fully saturated rings. The van der Waals surface area contributed by atoms with E-state index >= 15 is 0 Å². The van der Waals surface area contributed by atoms with Gasteiger partial charge in [-0.15, -0.1) is 0 Å². The Morgan fingerprint density at radius 2 is 1.91 bits per heavy atom. The summed E-state index contributed by atoms with van der Waals surface area (Å²) in [5.74, 6) is -0.409. The van der Waals surface area contributed by atoms with Crippen LogP contribution >= 0.6 is 0 Å². The van der Waals surface area contributed by atoms with E-state index in [1.54, 1.807) is 49.8 Å². The van der Waals surface area contributed by atoms with Gasteiger partial charge in [0.1, 0.15) is 11.5 Å². The normalized spacial score (nSPS) is 17.9. The number of hydrogen-bond acceptors (Lipinski definition) is 6. The highest BCUT2D eigenvalue weighted by Gasteiger charge is 2.45. The predicted molar refractivity (Wildman–Crippen MR) is 121 cm³/mol. The molecular weight excluding hydrogens is 408 g/mol. The van der Waals surface area contributed by atoms with E-state index in [0.29, 0.717) is 43.2 Å². The maximum atomic E-state index is 13.0. The highest BCUT2D eigenvalue weighted by atomic mass is 16.5. The second kappa shape index (κ2) is 10.4. The molecule has 1 saturated heterocycles. The second-order valence-corrected chi connectivity index (χ2v) is 8.30. The Morgan fingerprint density at radius 1 is 1.19 bits per heavy atom. The molecule has 1 aliphatic rings. The Morgan fingerprint density at radius 3 is 2.53 bits per heavy atom. The van der Waals surface area contributed by atoms with Crippen molar-refractivity contribution in [3.63, 3.8) is 0 Å². The number of carbonyl (C=O) groups excluding carboxylic acids is 2. The molecule has 2 heterocycles. The zero-order chi connectivity index (χ0) is 23.3. The summed E-state index contributed by atoms with van der Waals surface area (Å²) in [5, 5.41) is 11.2. The Hall–Kier alpha value is -3.19. The van der Waals surface area contributed by atoms with Gasteiger partial charge in [0, 0.05) is 38.2 Å². The second-order valence-electron chi connectivity index (χ2n) is 8.30. The Balaban J connectivity index is 2.03. The van der Waals surface area contributed by atoms with Crippen LogP contribution in [-0.2, 0) is 14.3 Å². The molecule has 2 aromatic rings. The van der Waals surface area contributed by atoms with Gasteiger partial charge in [-0.05, 0) is 60.7 Å². The fraction of sp³-hybridized carbons (Fsp3) is 0.400. The first-order valence-electron chi connectivity index (χ1n) is 10.8. The summed E-state index contributed by atoms with van der Waals surface area (Å²) in [4.78, 5) is 31.4. The average Bonchev–Trinajstić information content (AvgIpc) is 3.03. The molecule has 32 heavy (non-hydrogen) atoms. The third kappa shape index (κ3) is 4.99. The highest BCUT2D eigenvalue weighted by Crippen LogP contribution is 2.39. The number of pyridine rings is 1. The molecule has 0 saturated carbocycles. The summed E-state index contributed by atoms with van der Waals surface area (Å²) in [7, 11) is 1.59. The lowest BCUT2D eigenvalue weighted by atomic mass is 9.95. The van der Waals surface area contributed by atoms with Gasteiger partial charge in [-0.25, -0.2) is 0 Å². The molecule has 1 amide bonds. The van der Waals surface area contributed by atoms with Gasteiger partial charge in [-0.1, -0.05) is 13.8 Å². The van der Waals surface area contributed by atoms with Crippen LogP contribution in [0, 0.1) is 12.8 Å². The van der Waals surface area contributed by atoms with E-state index in [2.05, 4.69) is 18.8 Å². The number of rotatable bonds is 9. The lowest BCUT2D eigenvalue weighted by Gasteiger charge is -2.25. The van der Waals surface area contributed by atoms with Crippen molar-refractivity contribution in [1.82, 2.24) is 9.88 Å². The summed E-state index contributed by atoms with van der Waals surface area (Å²) in [5.41, 5.74) is 2.10. The number of hydrogen-bond donors (Lipinski definition) is 1. The quantitative estimate of drug-likeness (QED) is 0.277. The van der Waals surface area contributed by atoms with Crippen LogP contribution in [0.2, 0.25) is 0 Å². The minimum Gasteiger partial charge on any atom is -0.507 e. The molecule has 7 heteroatoms. The van der Waals surface area contributed by atoms with Crippen LogP contribution in [0.25, 0.3) is 5.76 Å². The van der Waals surface area contributed by atoms with Crippen LogP contribution in [0.15, 0.2) is 48.3 Å². The fourth-order valence-electron chi connectivity index (χ4n) is 3.75. The molecule has 0 spiro atoms. The monoisotopic (exact) mass is 438 g/mol. The van der Waals surface area contributed by atoms with Crippen LogP contribution in [0.4, 0.5) is 0 Å². The van der Waals surface area contributed by atoms with Gasteiger partial charge in [-0.3, -0.25) is 14.6 Å². The molecule has 1 aromatic heterocycles. The molecule has 7 nitrogen and oxygen atoms in total. The summed E-state index contributed by atoms with van der Waals surface area (Å²) < 4.78 is 10.9. The lowest BCUT2D eigenvalue weighted by Crippen LogP contribution is -2.31. The summed E-state index contributed by atoms with van der Waals surface area (Å²) in [6.45, 7) is 7.41. The Kier molecular flexibility index (Phi) is 7.64. The van der Waals surface area contributed by atoms with E-state index in [-0.39, 0.29) is 11.3 Å². The number of aryl methyl sites for hydroxylation is 1. The average molecular weight is 439 g/mol. The fourth-order valence-corrected chi connectivity index (χ4v) is 3.75. The van der Waals surface area contributed by atoms with Gasteiger partial charge in [0.15, 0.2) is 0 Å². The summed E-state index contributed by atoms with van der Waals surface area (Å²) in [6, 6.07) is 8.07. The van der Waals surface area contributed by atoms with Crippen LogP contribution in [0.5, 0.6) is 5.75 Å². The van der Waals surface area contributed by atoms with Crippen molar-refractivity contribution < 1.29 is 24.2 Å². The molecule has 1 unspecified atom stereocenters. The molecular formula is C25H30N2O5. The van der Waals surface area contributed by atoms with Crippen molar-refractivity contribution in [3.8, 4) is 5.75 Å². The predicted octanol–water partition coefficient (Wildman–Crippen LogP) is 3.88. The SMILES string of the molecule is COCCCN1C(=O)C(=O)C(=C(O)c2ccc(OCC(C)C)c(C)c2)C1c1ccncc1. The van der Waals surface area contributed by atoms with Crippen molar-refractivity contribution >= 4 is 17.4 Å². The first kappa shape index (κ1) is 23.5. The van der Waals surface area contributed by atoms with Gasteiger partial charge in [0.2, 0.25) is 0 Å². The number of carbonyl (C=O) groups is 2. The number of Topliss-reactive ketones (excluding diaryl/α,β-unsaturated/α-hetero) is 1. The number of amides is 1. The molecule has 0 radical (unpaired) electrons. The molecule has 1 aromatic carbocycles. The molecule has 1 atom stereocenters. The van der Waals surface area contributed by atoms with Crippen molar-refractivity contribution in [3.05, 3.63) is 65.0 Å². The molecule has 0 bridgehead atoms. The van der Waals surface area contributed by atoms with E-state index in [4.69, 9.17) is 9.47 Å². The van der Waals surface area contributed by atoms with Crippen molar-refractivity contribution in [2.24, 2.45) is 5.92 Å². The van der Waals surface area contributed by atoms with E-state index in [0.717, 1.165) is 11.3 Å². The van der Waals surface area contributed by atoms with Crippen LogP contribution < -0.4 is 4.74 Å². The van der Waals surface area contributed by atoms with Gasteiger partial charge in [0.25, 0.3) is 11.7 Å². The third-order valence-corrected chi connectivity index (χ3v) is 5.33. The number of ketones is 1. The van der Waals surface area contributed by atoms with E-state index in [9.17, 15) is 14.7 Å². The van der Waals surface area contributed by atoms with Crippen LogP contribution in [0.3, 0.4) is 0 Å². The van der Waals surface area contributed by atoms with Crippen LogP contribution in [-0.4, -0.2) is 53.5 Å². The Bertz CT molecular complexity index is 1000. The van der Waals surface area contributed by atoms with Crippen molar-refractivity contribution in [1.29, 1.82) is 0 Å². The van der Waals surface area contributed by atoms with E-state index < -0.39 is 17.7 Å². The maximum Gasteiger partial charge on any atom is 0.295 e. The first-order chi connectivity index (χ1) is 15.3. The number of benzene rings is 1. The molecule has 0 aliphatic carbocycles. The standard InChI is InChI=1S/C25H30N2O5/c1-16(2)15-32-20-7-6-19(14-17(20)3)23(28)21-22(18-8-10-26-11-9-18)27(12-5-13-31-4)25(30)24(21)29/h6-11,14,16,22,28H,5,12-13,15H2,1-4H3. The topological polar surface area (TPSA) is 89.0 Å². The first-order valence-corrected chi connectivity index (χ1v) is 10.8. The smallest absolute Gasteiger partial charge is 0.295 e. The lowest BCUT2D eigenvalue weighted by molar-refractivity contribution is -0.140. The molecule has 3 rings (SSSR count). The van der Waals surface area contributed by atoms with Gasteiger partial charge in [-0.2, -0.15) is 0 Å². The molecule has 170 valence electrons. The van der Waals surface area contributed by atoms with E-state index in [1.807, 2.05) is 6.92 Å². The zero-order valence-corrected chi connectivity index (χ0v) is 19.0. The summed E-state index contributed by atoms with van der Waals surface area (Å²) >= 11 is 0. The number of methoxy groups -OCH3 is 1. The minimum atomic E-state index is -0.695. The maximum absolute atomic E-state index is 13.0. The van der Waals surface area contributed by atoms with Gasteiger partial charge >= 0.3 is 0 Å². The van der Waals surface area contributed by atoms with E-state index in [1.165, 1.54) is 4.90 Å². The number of aromatic nitrogens is 1. The van der Waals surface area contributed by atoms with Gasteiger partial charge in [0.05, 0.1) is 18.2 Å². The zero-order valence-electron chi connectivity index (χ0n) is 19.0. The number of nitrogens with zero attached hydrogens (tertiary/aromatic N) is 2. The van der Waals surface area contributed by atoms with Gasteiger partial charge < -0.3 is 19.5 Å². The number of aliphatic hydroxyl groups excluding tert-OH is 1. The third-order valence-electron chi connectivity index (χ3n) is 5.33. The van der Waals surface area contributed by atoms with Crippen molar-refractivity contribution in [2.45, 2.75) is 33.2 Å². The van der Waals surface area contributed by atoms with Crippen molar-refractivity contribution in [2.75, 3.05) is 26.9 Å².